The van der Waals surface area contributed by atoms with E-state index in [1.54, 1.807) is 0 Å². The highest BCUT2D eigenvalue weighted by Gasteiger charge is 2.05. The van der Waals surface area contributed by atoms with Gasteiger partial charge in [0.15, 0.2) is 0 Å². The third-order valence-corrected chi connectivity index (χ3v) is 2.43. The summed E-state index contributed by atoms with van der Waals surface area (Å²) >= 11 is 0. The van der Waals surface area contributed by atoms with Crippen LogP contribution in [-0.2, 0) is 17.8 Å². The molecule has 0 fully saturated rings. The first-order valence-electron chi connectivity index (χ1n) is 5.60. The van der Waals surface area contributed by atoms with E-state index in [1.165, 1.54) is 25.3 Å². The number of nitrogens with one attached hydrogen (secondary N) is 1. The predicted octanol–water partition coefficient (Wildman–Crippen LogP) is 1.79. The van der Waals surface area contributed by atoms with E-state index in [9.17, 15) is 13.6 Å². The van der Waals surface area contributed by atoms with Crippen molar-refractivity contribution in [2.75, 3.05) is 7.11 Å². The van der Waals surface area contributed by atoms with Crippen molar-refractivity contribution in [3.05, 3.63) is 63.3 Å². The zero-order valence-corrected chi connectivity index (χ0v) is 10.2. The van der Waals surface area contributed by atoms with Gasteiger partial charge in [0.25, 0.3) is 5.56 Å². The van der Waals surface area contributed by atoms with Gasteiger partial charge in [0, 0.05) is 25.7 Å². The van der Waals surface area contributed by atoms with Gasteiger partial charge in [0.2, 0.25) is 0 Å². The molecule has 2 aromatic rings. The minimum atomic E-state index is -0.662. The normalized spacial score (nSPS) is 10.7. The van der Waals surface area contributed by atoms with E-state index in [1.807, 2.05) is 0 Å². The van der Waals surface area contributed by atoms with Gasteiger partial charge in [-0.3, -0.25) is 4.79 Å². The molecule has 0 aliphatic carbocycles. The molecule has 0 bridgehead atoms. The van der Waals surface area contributed by atoms with Crippen LogP contribution in [0.15, 0.2) is 29.1 Å². The van der Waals surface area contributed by atoms with Crippen LogP contribution in [0.2, 0.25) is 0 Å². The van der Waals surface area contributed by atoms with Crippen LogP contribution >= 0.6 is 0 Å². The van der Waals surface area contributed by atoms with Crippen LogP contribution < -0.4 is 5.56 Å². The van der Waals surface area contributed by atoms with Crippen molar-refractivity contribution in [2.24, 2.45) is 0 Å². The molecule has 1 heterocycles. The van der Waals surface area contributed by atoms with Crippen molar-refractivity contribution in [1.29, 1.82) is 0 Å². The zero-order valence-electron chi connectivity index (χ0n) is 10.2. The van der Waals surface area contributed by atoms with Crippen LogP contribution in [0.5, 0.6) is 0 Å². The van der Waals surface area contributed by atoms with Crippen molar-refractivity contribution in [1.82, 2.24) is 9.97 Å². The zero-order chi connectivity index (χ0) is 13.8. The maximum atomic E-state index is 13.1. The van der Waals surface area contributed by atoms with Crippen molar-refractivity contribution in [2.45, 2.75) is 13.0 Å². The molecule has 6 heteroatoms. The first kappa shape index (κ1) is 13.4. The number of H-pyrrole nitrogens is 1. The molecule has 0 atom stereocenters. The number of benzene rings is 1. The van der Waals surface area contributed by atoms with Gasteiger partial charge in [-0.2, -0.15) is 0 Å². The second kappa shape index (κ2) is 5.71. The fraction of sp³-hybridized carbons (Fsp3) is 0.231. The minimum Gasteiger partial charge on any atom is -0.378 e. The van der Waals surface area contributed by atoms with Gasteiger partial charge in [-0.15, -0.1) is 0 Å². The second-order valence-corrected chi connectivity index (χ2v) is 4.07. The highest BCUT2D eigenvalue weighted by molar-refractivity contribution is 5.21. The number of ether oxygens (including phenoxy) is 1. The molecule has 2 rings (SSSR count). The van der Waals surface area contributed by atoms with Crippen LogP contribution in [0.25, 0.3) is 0 Å². The number of rotatable bonds is 4. The van der Waals surface area contributed by atoms with Gasteiger partial charge in [-0.25, -0.2) is 13.8 Å². The third kappa shape index (κ3) is 3.69. The second-order valence-electron chi connectivity index (χ2n) is 4.07. The predicted molar refractivity (Wildman–Crippen MR) is 64.7 cm³/mol. The van der Waals surface area contributed by atoms with Gasteiger partial charge >= 0.3 is 0 Å². The molecule has 1 aromatic carbocycles. The Kier molecular flexibility index (Phi) is 4.01. The Morgan fingerprint density at radius 2 is 1.89 bits per heavy atom. The van der Waals surface area contributed by atoms with Gasteiger partial charge in [0.05, 0.1) is 12.3 Å². The number of aromatic amines is 1. The smallest absolute Gasteiger partial charge is 0.251 e. The van der Waals surface area contributed by atoms with Crippen molar-refractivity contribution in [3.8, 4) is 0 Å². The fourth-order valence-corrected chi connectivity index (χ4v) is 1.78. The molecule has 0 radical (unpaired) electrons. The number of halogens is 2. The van der Waals surface area contributed by atoms with Crippen LogP contribution in [0, 0.1) is 11.6 Å². The molecule has 1 N–H and O–H groups in total. The molecule has 1 aromatic heterocycles. The molecule has 100 valence electrons. The van der Waals surface area contributed by atoms with Gasteiger partial charge < -0.3 is 9.72 Å². The molecular weight excluding hydrogens is 254 g/mol. The van der Waals surface area contributed by atoms with Crippen molar-refractivity contribution < 1.29 is 13.5 Å². The summed E-state index contributed by atoms with van der Waals surface area (Å²) in [7, 11) is 1.49. The summed E-state index contributed by atoms with van der Waals surface area (Å²) in [5, 5.41) is 0. The monoisotopic (exact) mass is 266 g/mol. The maximum Gasteiger partial charge on any atom is 0.251 e. The van der Waals surface area contributed by atoms with Crippen LogP contribution in [-0.4, -0.2) is 17.1 Å². The summed E-state index contributed by atoms with van der Waals surface area (Å²) in [5.74, 6) is -0.986. The Hall–Kier alpha value is -2.08. The lowest BCUT2D eigenvalue weighted by Gasteiger charge is -2.04. The van der Waals surface area contributed by atoms with Gasteiger partial charge in [-0.05, 0) is 17.7 Å². The number of nitrogens with zero attached hydrogens (tertiary/aromatic N) is 1. The lowest BCUT2D eigenvalue weighted by atomic mass is 10.1. The molecule has 0 amide bonds. The number of aromatic nitrogens is 2. The van der Waals surface area contributed by atoms with E-state index in [-0.39, 0.29) is 18.6 Å². The van der Waals surface area contributed by atoms with Gasteiger partial charge in [0.1, 0.15) is 17.5 Å². The quantitative estimate of drug-likeness (QED) is 0.917. The molecule has 19 heavy (non-hydrogen) atoms. The molecule has 0 spiro atoms. The maximum absolute atomic E-state index is 13.1. The average molecular weight is 266 g/mol. The molecule has 0 unspecified atom stereocenters. The number of hydrogen-bond donors (Lipinski definition) is 1. The lowest BCUT2D eigenvalue weighted by Crippen LogP contribution is -2.13. The Labute approximate surface area is 108 Å². The highest BCUT2D eigenvalue weighted by Crippen LogP contribution is 2.10. The first-order chi connectivity index (χ1) is 9.06. The highest BCUT2D eigenvalue weighted by atomic mass is 19.1. The van der Waals surface area contributed by atoms with Crippen LogP contribution in [0.1, 0.15) is 17.1 Å². The van der Waals surface area contributed by atoms with E-state index in [4.69, 9.17) is 4.74 Å². The van der Waals surface area contributed by atoms with Crippen LogP contribution in [0.4, 0.5) is 8.78 Å². The fourth-order valence-electron chi connectivity index (χ4n) is 1.78. The summed E-state index contributed by atoms with van der Waals surface area (Å²) in [6.45, 7) is 0.203. The standard InChI is InChI=1S/C13H12F2N2O2/c1-19-7-11-6-13(18)17-12(16-11)4-8-2-9(14)5-10(15)3-8/h2-3,5-6H,4,7H2,1H3,(H,16,17,18). The van der Waals surface area contributed by atoms with Crippen molar-refractivity contribution in [3.63, 3.8) is 0 Å². The molecule has 4 nitrogen and oxygen atoms in total. The SMILES string of the molecule is COCc1cc(=O)[nH]c(Cc2cc(F)cc(F)c2)n1. The van der Waals surface area contributed by atoms with E-state index in [0.717, 1.165) is 6.07 Å². The first-order valence-corrected chi connectivity index (χ1v) is 5.60. The van der Waals surface area contributed by atoms with E-state index >= 15 is 0 Å². The molecule has 0 aliphatic heterocycles. The summed E-state index contributed by atoms with van der Waals surface area (Å²) in [5.41, 5.74) is 0.544. The van der Waals surface area contributed by atoms with Gasteiger partial charge in [-0.1, -0.05) is 0 Å². The van der Waals surface area contributed by atoms with Crippen molar-refractivity contribution >= 4 is 0 Å². The van der Waals surface area contributed by atoms with E-state index in [2.05, 4.69) is 9.97 Å². The summed E-state index contributed by atoms with van der Waals surface area (Å²) in [4.78, 5) is 18.1. The third-order valence-electron chi connectivity index (χ3n) is 2.43. The average Bonchev–Trinajstić information content (AvgIpc) is 2.26. The Morgan fingerprint density at radius 3 is 2.53 bits per heavy atom. The summed E-state index contributed by atoms with van der Waals surface area (Å²) < 4.78 is 31.0. The van der Waals surface area contributed by atoms with Crippen LogP contribution in [0.3, 0.4) is 0 Å². The molecule has 0 aliphatic rings. The lowest BCUT2D eigenvalue weighted by molar-refractivity contribution is 0.181. The summed E-state index contributed by atoms with van der Waals surface area (Å²) in [6, 6.07) is 4.51. The molecule has 0 saturated carbocycles. The Balaban J connectivity index is 2.29. The Bertz CT molecular complexity index is 621. The van der Waals surface area contributed by atoms with E-state index < -0.39 is 11.6 Å². The number of hydrogen-bond acceptors (Lipinski definition) is 3. The molecular formula is C13H12F2N2O2. The number of methoxy groups -OCH3 is 1. The minimum absolute atomic E-state index is 0.140. The largest absolute Gasteiger partial charge is 0.378 e. The summed E-state index contributed by atoms with van der Waals surface area (Å²) in [6.07, 6.45) is 0.140. The topological polar surface area (TPSA) is 55.0 Å². The molecule has 0 saturated heterocycles. The van der Waals surface area contributed by atoms with E-state index in [0.29, 0.717) is 17.1 Å². The Morgan fingerprint density at radius 1 is 1.21 bits per heavy atom.